The van der Waals surface area contributed by atoms with Crippen molar-refractivity contribution in [3.8, 4) is 11.5 Å². The van der Waals surface area contributed by atoms with Gasteiger partial charge in [-0.25, -0.2) is 0 Å². The van der Waals surface area contributed by atoms with Crippen molar-refractivity contribution >= 4 is 10.9 Å². The number of H-pyrrole nitrogens is 1. The van der Waals surface area contributed by atoms with Crippen molar-refractivity contribution in [2.45, 2.75) is 19.1 Å². The predicted octanol–water partition coefficient (Wildman–Crippen LogP) is 4.45. The molecule has 0 radical (unpaired) electrons. The number of methoxy groups -OCH3 is 1. The Bertz CT molecular complexity index is 890. The van der Waals surface area contributed by atoms with Crippen LogP contribution in [0.3, 0.4) is 0 Å². The molecule has 7 heteroatoms. The normalized spacial score (nSPS) is 11.7. The topological polar surface area (TPSA) is 46.3 Å². The van der Waals surface area contributed by atoms with E-state index in [0.717, 1.165) is 35.2 Å². The van der Waals surface area contributed by atoms with Gasteiger partial charge in [0.05, 0.1) is 12.6 Å². The second kappa shape index (κ2) is 8.35. The average Bonchev–Trinajstić information content (AvgIpc) is 3.06. The lowest BCUT2D eigenvalue weighted by molar-refractivity contribution is -0.153. The number of hydrogen-bond acceptors (Lipinski definition) is 3. The number of nitrogens with one attached hydrogen (secondary N) is 2. The number of aromatic nitrogens is 1. The minimum absolute atomic E-state index is 0.218. The molecular formula is C20H21F3N2O2. The second-order valence-electron chi connectivity index (χ2n) is 6.17. The maximum Gasteiger partial charge on any atom is 0.422 e. The molecule has 1 aromatic heterocycles. The molecule has 27 heavy (non-hydrogen) atoms. The number of fused-ring (bicyclic) bond motifs is 1. The smallest absolute Gasteiger partial charge is 0.422 e. The summed E-state index contributed by atoms with van der Waals surface area (Å²) < 4.78 is 46.8. The fourth-order valence-electron chi connectivity index (χ4n) is 2.93. The Labute approximate surface area is 155 Å². The molecule has 0 bridgehead atoms. The number of halogens is 3. The molecule has 0 amide bonds. The van der Waals surface area contributed by atoms with E-state index in [1.807, 2.05) is 30.5 Å². The molecule has 0 saturated heterocycles. The molecule has 3 aromatic rings. The third kappa shape index (κ3) is 5.17. The zero-order chi connectivity index (χ0) is 19.3. The zero-order valence-corrected chi connectivity index (χ0v) is 14.9. The Kier molecular flexibility index (Phi) is 5.91. The van der Waals surface area contributed by atoms with Crippen LogP contribution < -0.4 is 14.8 Å². The maximum absolute atomic E-state index is 12.2. The van der Waals surface area contributed by atoms with Gasteiger partial charge in [-0.3, -0.25) is 0 Å². The standard InChI is InChI=1S/C20H21F3N2O2/c1-26-18-7-3-6-17-15(12-25-19(17)18)8-9-24-11-14-4-2-5-16(10-14)27-13-20(21,22)23/h2-7,10,12,24-25H,8-9,11,13H2,1H3. The Morgan fingerprint density at radius 3 is 2.70 bits per heavy atom. The first-order valence-corrected chi connectivity index (χ1v) is 8.58. The molecular weight excluding hydrogens is 357 g/mol. The van der Waals surface area contributed by atoms with Crippen LogP contribution in [-0.4, -0.2) is 31.4 Å². The van der Waals surface area contributed by atoms with Crippen molar-refractivity contribution in [1.82, 2.24) is 10.3 Å². The molecule has 0 saturated carbocycles. The van der Waals surface area contributed by atoms with E-state index in [1.165, 1.54) is 11.6 Å². The molecule has 4 nitrogen and oxygen atoms in total. The predicted molar refractivity (Wildman–Crippen MR) is 98.3 cm³/mol. The quantitative estimate of drug-likeness (QED) is 0.570. The van der Waals surface area contributed by atoms with Gasteiger partial charge in [0.15, 0.2) is 6.61 Å². The van der Waals surface area contributed by atoms with Gasteiger partial charge in [0.25, 0.3) is 0 Å². The summed E-state index contributed by atoms with van der Waals surface area (Å²) in [6.07, 6.45) is -1.55. The van der Waals surface area contributed by atoms with Gasteiger partial charge in [0.2, 0.25) is 0 Å². The number of benzene rings is 2. The van der Waals surface area contributed by atoms with E-state index in [1.54, 1.807) is 19.2 Å². The number of rotatable bonds is 8. The summed E-state index contributed by atoms with van der Waals surface area (Å²) in [4.78, 5) is 3.24. The highest BCUT2D eigenvalue weighted by Gasteiger charge is 2.28. The highest BCUT2D eigenvalue weighted by atomic mass is 19.4. The van der Waals surface area contributed by atoms with Crippen LogP contribution in [0.2, 0.25) is 0 Å². The van der Waals surface area contributed by atoms with E-state index < -0.39 is 12.8 Å². The Balaban J connectivity index is 1.52. The average molecular weight is 378 g/mol. The zero-order valence-electron chi connectivity index (χ0n) is 14.9. The van der Waals surface area contributed by atoms with Gasteiger partial charge < -0.3 is 19.8 Å². The lowest BCUT2D eigenvalue weighted by atomic mass is 10.1. The van der Waals surface area contributed by atoms with Crippen molar-refractivity contribution in [2.24, 2.45) is 0 Å². The molecule has 0 aliphatic heterocycles. The summed E-state index contributed by atoms with van der Waals surface area (Å²) in [5, 5.41) is 4.43. The van der Waals surface area contributed by atoms with E-state index in [-0.39, 0.29) is 5.75 Å². The summed E-state index contributed by atoms with van der Waals surface area (Å²) >= 11 is 0. The summed E-state index contributed by atoms with van der Waals surface area (Å²) in [7, 11) is 1.64. The van der Waals surface area contributed by atoms with Gasteiger partial charge in [-0.05, 0) is 42.3 Å². The van der Waals surface area contributed by atoms with E-state index in [0.29, 0.717) is 6.54 Å². The molecule has 0 aliphatic carbocycles. The number of aromatic amines is 1. The number of para-hydroxylation sites is 1. The maximum atomic E-state index is 12.2. The van der Waals surface area contributed by atoms with Gasteiger partial charge in [0, 0.05) is 18.1 Å². The Morgan fingerprint density at radius 2 is 1.93 bits per heavy atom. The molecule has 144 valence electrons. The first-order chi connectivity index (χ1) is 13.0. The monoisotopic (exact) mass is 378 g/mol. The van der Waals surface area contributed by atoms with E-state index in [2.05, 4.69) is 10.3 Å². The molecule has 0 atom stereocenters. The summed E-state index contributed by atoms with van der Waals surface area (Å²) in [5.41, 5.74) is 3.03. The van der Waals surface area contributed by atoms with Crippen LogP contribution >= 0.6 is 0 Å². The summed E-state index contributed by atoms with van der Waals surface area (Å²) in [6, 6.07) is 12.6. The third-order valence-electron chi connectivity index (χ3n) is 4.18. The fourth-order valence-corrected chi connectivity index (χ4v) is 2.93. The highest BCUT2D eigenvalue weighted by molar-refractivity contribution is 5.88. The number of ether oxygens (including phenoxy) is 2. The second-order valence-corrected chi connectivity index (χ2v) is 6.17. The Morgan fingerprint density at radius 1 is 1.11 bits per heavy atom. The van der Waals surface area contributed by atoms with Gasteiger partial charge in [-0.2, -0.15) is 13.2 Å². The van der Waals surface area contributed by atoms with Gasteiger partial charge in [-0.15, -0.1) is 0 Å². The Hall–Kier alpha value is -2.67. The minimum atomic E-state index is -4.34. The number of alkyl halides is 3. The first-order valence-electron chi connectivity index (χ1n) is 8.58. The van der Waals surface area contributed by atoms with Gasteiger partial charge in [-0.1, -0.05) is 24.3 Å². The van der Waals surface area contributed by atoms with Crippen LogP contribution in [0, 0.1) is 0 Å². The molecule has 0 spiro atoms. The lowest BCUT2D eigenvalue weighted by Gasteiger charge is -2.10. The van der Waals surface area contributed by atoms with E-state index >= 15 is 0 Å². The van der Waals surface area contributed by atoms with Crippen LogP contribution in [-0.2, 0) is 13.0 Å². The molecule has 0 fully saturated rings. The van der Waals surface area contributed by atoms with E-state index in [4.69, 9.17) is 9.47 Å². The fraction of sp³-hybridized carbons (Fsp3) is 0.300. The molecule has 0 unspecified atom stereocenters. The van der Waals surface area contributed by atoms with E-state index in [9.17, 15) is 13.2 Å². The minimum Gasteiger partial charge on any atom is -0.495 e. The molecule has 3 rings (SSSR count). The van der Waals surface area contributed by atoms with Crippen LogP contribution in [0.5, 0.6) is 11.5 Å². The van der Waals surface area contributed by atoms with Crippen LogP contribution in [0.4, 0.5) is 13.2 Å². The molecule has 2 N–H and O–H groups in total. The van der Waals surface area contributed by atoms with Crippen molar-refractivity contribution < 1.29 is 22.6 Å². The third-order valence-corrected chi connectivity index (χ3v) is 4.18. The van der Waals surface area contributed by atoms with Crippen molar-refractivity contribution in [2.75, 3.05) is 20.3 Å². The molecule has 1 heterocycles. The van der Waals surface area contributed by atoms with Gasteiger partial charge in [0.1, 0.15) is 11.5 Å². The van der Waals surface area contributed by atoms with Crippen molar-refractivity contribution in [3.05, 3.63) is 59.8 Å². The van der Waals surface area contributed by atoms with Crippen molar-refractivity contribution in [1.29, 1.82) is 0 Å². The summed E-state index contributed by atoms with van der Waals surface area (Å²) in [5.74, 6) is 1.03. The van der Waals surface area contributed by atoms with Crippen LogP contribution in [0.15, 0.2) is 48.7 Å². The summed E-state index contributed by atoms with van der Waals surface area (Å²) in [6.45, 7) is 0.000597. The lowest BCUT2D eigenvalue weighted by Crippen LogP contribution is -2.19. The highest BCUT2D eigenvalue weighted by Crippen LogP contribution is 2.27. The largest absolute Gasteiger partial charge is 0.495 e. The number of hydrogen-bond donors (Lipinski definition) is 2. The first kappa shape index (κ1) is 19.1. The van der Waals surface area contributed by atoms with Crippen molar-refractivity contribution in [3.63, 3.8) is 0 Å². The molecule has 0 aliphatic rings. The van der Waals surface area contributed by atoms with Gasteiger partial charge >= 0.3 is 6.18 Å². The van der Waals surface area contributed by atoms with Crippen LogP contribution in [0.25, 0.3) is 10.9 Å². The molecule has 2 aromatic carbocycles. The SMILES string of the molecule is COc1cccc2c(CCNCc3cccc(OCC(F)(F)F)c3)c[nH]c12. The van der Waals surface area contributed by atoms with Crippen LogP contribution in [0.1, 0.15) is 11.1 Å².